The van der Waals surface area contributed by atoms with Crippen molar-refractivity contribution < 1.29 is 49.4 Å². The van der Waals surface area contributed by atoms with Crippen molar-refractivity contribution in [3.05, 3.63) is 60.2 Å². The molecule has 6 atom stereocenters. The molecule has 1 amide bonds. The van der Waals surface area contributed by atoms with Crippen molar-refractivity contribution in [3.63, 3.8) is 0 Å². The number of rotatable bonds is 17. The van der Waals surface area contributed by atoms with Crippen LogP contribution in [0.1, 0.15) is 38.7 Å². The average molecular weight is 576 g/mol. The standard InChI is InChI=1S/C30H41NO10/c1-3-40-30(39)19(2)15-23(16-20-9-11-22(12-10-20)21-7-5-4-6-8-21)31-26(35)13-14-27(36)41-18-25(34)29(38)28(37)24(33)17-32/h4-12,19,23-25,28-29,32-34,37-38H,3,13-18H2,1-2H3,(H,31,35)/t19-,23+,24+,25-,28-,29-/m1/s1. The molecular weight excluding hydrogens is 534 g/mol. The number of esters is 2. The lowest BCUT2D eigenvalue weighted by Crippen LogP contribution is -2.47. The van der Waals surface area contributed by atoms with Gasteiger partial charge in [-0.1, -0.05) is 61.5 Å². The summed E-state index contributed by atoms with van der Waals surface area (Å²) in [6.45, 7) is 2.17. The first-order valence-electron chi connectivity index (χ1n) is 13.6. The van der Waals surface area contributed by atoms with E-state index in [1.165, 1.54) is 0 Å². The van der Waals surface area contributed by atoms with Crippen LogP contribution in [0.3, 0.4) is 0 Å². The Bertz CT molecular complexity index is 1080. The smallest absolute Gasteiger partial charge is 0.308 e. The van der Waals surface area contributed by atoms with Crippen molar-refractivity contribution in [1.82, 2.24) is 5.32 Å². The molecule has 2 aromatic carbocycles. The fourth-order valence-corrected chi connectivity index (χ4v) is 4.18. The third-order valence-corrected chi connectivity index (χ3v) is 6.53. The number of aliphatic hydroxyl groups is 5. The third-order valence-electron chi connectivity index (χ3n) is 6.53. The van der Waals surface area contributed by atoms with Crippen LogP contribution in [0.5, 0.6) is 0 Å². The van der Waals surface area contributed by atoms with Gasteiger partial charge in [0.1, 0.15) is 31.0 Å². The zero-order valence-corrected chi connectivity index (χ0v) is 23.4. The van der Waals surface area contributed by atoms with Gasteiger partial charge in [0.15, 0.2) is 0 Å². The molecule has 6 N–H and O–H groups in total. The molecule has 0 saturated heterocycles. The average Bonchev–Trinajstić information content (AvgIpc) is 2.98. The first-order valence-corrected chi connectivity index (χ1v) is 13.6. The van der Waals surface area contributed by atoms with Gasteiger partial charge in [-0.2, -0.15) is 0 Å². The van der Waals surface area contributed by atoms with E-state index in [2.05, 4.69) is 5.32 Å². The summed E-state index contributed by atoms with van der Waals surface area (Å²) in [5.74, 6) is -2.10. The lowest BCUT2D eigenvalue weighted by molar-refractivity contribution is -0.156. The zero-order chi connectivity index (χ0) is 30.4. The summed E-state index contributed by atoms with van der Waals surface area (Å²) < 4.78 is 9.97. The van der Waals surface area contributed by atoms with Gasteiger partial charge in [-0.3, -0.25) is 14.4 Å². The normalized spacial score (nSPS) is 15.6. The highest BCUT2D eigenvalue weighted by atomic mass is 16.5. The molecule has 0 fully saturated rings. The van der Waals surface area contributed by atoms with Gasteiger partial charge in [0.2, 0.25) is 5.91 Å². The fourth-order valence-electron chi connectivity index (χ4n) is 4.18. The van der Waals surface area contributed by atoms with Crippen LogP contribution in [0.25, 0.3) is 11.1 Å². The molecule has 226 valence electrons. The fraction of sp³-hybridized carbons (Fsp3) is 0.500. The van der Waals surface area contributed by atoms with E-state index in [1.807, 2.05) is 54.6 Å². The van der Waals surface area contributed by atoms with Gasteiger partial charge < -0.3 is 40.3 Å². The molecule has 0 radical (unpaired) electrons. The maximum Gasteiger partial charge on any atom is 0.308 e. The monoisotopic (exact) mass is 575 g/mol. The molecule has 0 saturated carbocycles. The van der Waals surface area contributed by atoms with Crippen LogP contribution in [-0.2, 0) is 30.3 Å². The number of hydrogen-bond acceptors (Lipinski definition) is 10. The molecule has 11 heteroatoms. The lowest BCUT2D eigenvalue weighted by Gasteiger charge is -2.25. The number of hydrogen-bond donors (Lipinski definition) is 6. The van der Waals surface area contributed by atoms with E-state index in [1.54, 1.807) is 13.8 Å². The van der Waals surface area contributed by atoms with Gasteiger partial charge in [0.05, 0.1) is 25.6 Å². The summed E-state index contributed by atoms with van der Waals surface area (Å²) in [4.78, 5) is 37.0. The number of benzene rings is 2. The van der Waals surface area contributed by atoms with Crippen molar-refractivity contribution in [2.24, 2.45) is 5.92 Å². The number of nitrogens with one attached hydrogen (secondary N) is 1. The first-order chi connectivity index (χ1) is 19.5. The lowest BCUT2D eigenvalue weighted by atomic mass is 9.94. The van der Waals surface area contributed by atoms with Crippen LogP contribution in [0.2, 0.25) is 0 Å². The van der Waals surface area contributed by atoms with Crippen LogP contribution in [-0.4, -0.2) is 93.7 Å². The van der Waals surface area contributed by atoms with Crippen LogP contribution in [0, 0.1) is 5.92 Å². The Balaban J connectivity index is 1.94. The Labute approximate surface area is 239 Å². The molecule has 0 heterocycles. The van der Waals surface area contributed by atoms with Gasteiger partial charge in [0.25, 0.3) is 0 Å². The van der Waals surface area contributed by atoms with Gasteiger partial charge in [-0.15, -0.1) is 0 Å². The summed E-state index contributed by atoms with van der Waals surface area (Å²) in [6, 6.07) is 17.4. The van der Waals surface area contributed by atoms with E-state index in [9.17, 15) is 34.8 Å². The van der Waals surface area contributed by atoms with Gasteiger partial charge in [0, 0.05) is 12.5 Å². The second-order valence-electron chi connectivity index (χ2n) is 9.90. The summed E-state index contributed by atoms with van der Waals surface area (Å²) in [5.41, 5.74) is 3.07. The second kappa shape index (κ2) is 17.5. The number of aliphatic hydroxyl groups excluding tert-OH is 5. The molecule has 0 unspecified atom stereocenters. The Morgan fingerprint density at radius 2 is 1.44 bits per heavy atom. The molecule has 41 heavy (non-hydrogen) atoms. The van der Waals surface area contributed by atoms with E-state index in [4.69, 9.17) is 14.6 Å². The van der Waals surface area contributed by atoms with Crippen molar-refractivity contribution in [1.29, 1.82) is 0 Å². The van der Waals surface area contributed by atoms with Crippen molar-refractivity contribution in [2.45, 2.75) is 70.0 Å². The molecule has 2 aromatic rings. The topological polar surface area (TPSA) is 183 Å². The highest BCUT2D eigenvalue weighted by molar-refractivity contribution is 5.81. The molecule has 11 nitrogen and oxygen atoms in total. The minimum Gasteiger partial charge on any atom is -0.466 e. The van der Waals surface area contributed by atoms with E-state index in [0.29, 0.717) is 12.8 Å². The van der Waals surface area contributed by atoms with Crippen LogP contribution in [0.4, 0.5) is 0 Å². The predicted octanol–water partition coefficient (Wildman–Crippen LogP) is 0.729. The second-order valence-corrected chi connectivity index (χ2v) is 9.90. The number of carbonyl (C=O) groups excluding carboxylic acids is 3. The van der Waals surface area contributed by atoms with Crippen LogP contribution < -0.4 is 5.32 Å². The zero-order valence-electron chi connectivity index (χ0n) is 23.4. The number of carbonyl (C=O) groups is 3. The summed E-state index contributed by atoms with van der Waals surface area (Å²) >= 11 is 0. The van der Waals surface area contributed by atoms with Crippen molar-refractivity contribution in [2.75, 3.05) is 19.8 Å². The number of ether oxygens (including phenoxy) is 2. The maximum atomic E-state index is 12.7. The molecule has 0 spiro atoms. The molecule has 0 aliphatic rings. The number of amides is 1. The van der Waals surface area contributed by atoms with Gasteiger partial charge in [-0.25, -0.2) is 0 Å². The molecule has 2 rings (SSSR count). The molecule has 0 bridgehead atoms. The Morgan fingerprint density at radius 3 is 2.05 bits per heavy atom. The highest BCUT2D eigenvalue weighted by Crippen LogP contribution is 2.21. The maximum absolute atomic E-state index is 12.7. The van der Waals surface area contributed by atoms with E-state index < -0.39 is 61.5 Å². The quantitative estimate of drug-likeness (QED) is 0.147. The van der Waals surface area contributed by atoms with Gasteiger partial charge >= 0.3 is 11.9 Å². The van der Waals surface area contributed by atoms with E-state index in [0.717, 1.165) is 16.7 Å². The van der Waals surface area contributed by atoms with Crippen LogP contribution >= 0.6 is 0 Å². The molecular formula is C30H41NO10. The van der Waals surface area contributed by atoms with Crippen molar-refractivity contribution >= 4 is 17.8 Å². The molecule has 0 aliphatic heterocycles. The highest BCUT2D eigenvalue weighted by Gasteiger charge is 2.31. The molecule has 0 aromatic heterocycles. The third kappa shape index (κ3) is 11.6. The summed E-state index contributed by atoms with van der Waals surface area (Å²) in [5, 5.41) is 50.4. The van der Waals surface area contributed by atoms with Gasteiger partial charge in [-0.05, 0) is 36.5 Å². The van der Waals surface area contributed by atoms with E-state index in [-0.39, 0.29) is 25.4 Å². The predicted molar refractivity (Wildman–Crippen MR) is 149 cm³/mol. The van der Waals surface area contributed by atoms with E-state index >= 15 is 0 Å². The summed E-state index contributed by atoms with van der Waals surface area (Å²) in [7, 11) is 0. The Morgan fingerprint density at radius 1 is 0.829 bits per heavy atom. The largest absolute Gasteiger partial charge is 0.466 e. The summed E-state index contributed by atoms with van der Waals surface area (Å²) in [6.07, 6.45) is -6.88. The molecule has 0 aliphatic carbocycles. The SMILES string of the molecule is CCOC(=O)[C@H](C)C[C@@H](Cc1ccc(-c2ccccc2)cc1)NC(=O)CCC(=O)OC[C@@H](O)[C@@H](O)[C@H](O)[C@@H](O)CO. The Kier molecular flexibility index (Phi) is 14.4. The first kappa shape index (κ1) is 33.9. The van der Waals surface area contributed by atoms with Crippen LogP contribution in [0.15, 0.2) is 54.6 Å². The minimum atomic E-state index is -1.86. The Hall–Kier alpha value is -3.35. The van der Waals surface area contributed by atoms with Crippen molar-refractivity contribution in [3.8, 4) is 11.1 Å². The minimum absolute atomic E-state index is 0.222.